The summed E-state index contributed by atoms with van der Waals surface area (Å²) in [6, 6.07) is 21.9. The molecule has 0 saturated carbocycles. The molecule has 1 heterocycles. The summed E-state index contributed by atoms with van der Waals surface area (Å²) in [4.78, 5) is 59.5. The van der Waals surface area contributed by atoms with E-state index in [2.05, 4.69) is 14.5 Å². The van der Waals surface area contributed by atoms with Gasteiger partial charge in [-0.05, 0) is 55.5 Å². The van der Waals surface area contributed by atoms with Crippen LogP contribution >= 0.6 is 0 Å². The van der Waals surface area contributed by atoms with E-state index in [0.29, 0.717) is 105 Å². The highest BCUT2D eigenvalue weighted by molar-refractivity contribution is 7.87. The molecule has 0 fully saturated rings. The van der Waals surface area contributed by atoms with Crippen molar-refractivity contribution in [1.82, 2.24) is 24.3 Å². The first-order valence-corrected chi connectivity index (χ1v) is 20.5. The van der Waals surface area contributed by atoms with Gasteiger partial charge < -0.3 is 24.0 Å². The van der Waals surface area contributed by atoms with Crippen LogP contribution in [0.25, 0.3) is 21.5 Å². The highest BCUT2D eigenvalue weighted by Gasteiger charge is 2.32. The summed E-state index contributed by atoms with van der Waals surface area (Å²) in [6.45, 7) is 5.89. The molecule has 0 radical (unpaired) electrons. The zero-order chi connectivity index (χ0) is 40.8. The van der Waals surface area contributed by atoms with Crippen LogP contribution in [0.5, 0.6) is 0 Å². The summed E-state index contributed by atoms with van der Waals surface area (Å²) in [5, 5.41) is 7.94. The Morgan fingerprint density at radius 3 is 1.93 bits per heavy atom. The molecule has 4 aromatic rings. The molecular weight excluding hydrogens is 753 g/mol. The fraction of sp³-hybridized carbons (Fsp3) is 0.415. The number of nitrogens with zero attached hydrogens (tertiary/aromatic N) is 4. The Hall–Kier alpha value is -4.65. The van der Waals surface area contributed by atoms with Crippen LogP contribution < -0.4 is 9.86 Å². The number of nitrogens with two attached hydrogens (primary N) is 1. The SMILES string of the molecule is CN(CCCN(CCOCCOCCOCCNS(N)(=O)=O)CCN(C)C(=O)c1cccc2cccc(C=O)c12)CCN1C(=O)c2cccc3cccc(c23)C1=O. The van der Waals surface area contributed by atoms with Crippen molar-refractivity contribution in [3.63, 3.8) is 0 Å². The van der Waals surface area contributed by atoms with Crippen molar-refractivity contribution in [2.24, 2.45) is 5.14 Å². The van der Waals surface area contributed by atoms with Gasteiger partial charge in [0.1, 0.15) is 0 Å². The number of rotatable bonds is 25. The number of imide groups is 1. The lowest BCUT2D eigenvalue weighted by Gasteiger charge is -2.29. The highest BCUT2D eigenvalue weighted by atomic mass is 32.2. The molecular formula is C41H52N6O9S. The average Bonchev–Trinajstić information content (AvgIpc) is 3.20. The molecule has 15 nitrogen and oxygen atoms in total. The predicted molar refractivity (Wildman–Crippen MR) is 218 cm³/mol. The Kier molecular flexibility index (Phi) is 16.2. The highest BCUT2D eigenvalue weighted by Crippen LogP contribution is 2.30. The number of ether oxygens (including phenoxy) is 3. The number of hydrogen-bond donors (Lipinski definition) is 2. The van der Waals surface area contributed by atoms with Crippen molar-refractivity contribution in [2.75, 3.05) is 106 Å². The Bertz CT molecular complexity index is 2080. The van der Waals surface area contributed by atoms with Crippen molar-refractivity contribution < 1.29 is 41.8 Å². The molecule has 0 aromatic heterocycles. The number of aldehydes is 1. The maximum atomic E-state index is 13.7. The van der Waals surface area contributed by atoms with Crippen molar-refractivity contribution in [1.29, 1.82) is 0 Å². The molecule has 57 heavy (non-hydrogen) atoms. The topological polar surface area (TPSA) is 181 Å². The third-order valence-electron chi connectivity index (χ3n) is 9.81. The number of carbonyl (C=O) groups excluding carboxylic acids is 4. The van der Waals surface area contributed by atoms with Gasteiger partial charge in [-0.3, -0.25) is 29.0 Å². The zero-order valence-electron chi connectivity index (χ0n) is 32.6. The third-order valence-corrected chi connectivity index (χ3v) is 10.4. The van der Waals surface area contributed by atoms with E-state index in [4.69, 9.17) is 19.3 Å². The molecule has 306 valence electrons. The largest absolute Gasteiger partial charge is 0.378 e. The smallest absolute Gasteiger partial charge is 0.274 e. The monoisotopic (exact) mass is 804 g/mol. The van der Waals surface area contributed by atoms with Crippen LogP contribution in [-0.4, -0.2) is 158 Å². The maximum absolute atomic E-state index is 13.7. The summed E-state index contributed by atoms with van der Waals surface area (Å²) in [5.74, 6) is -0.724. The number of fused-ring (bicyclic) bond motifs is 1. The molecule has 0 saturated heterocycles. The van der Waals surface area contributed by atoms with Crippen LogP contribution in [0.2, 0.25) is 0 Å². The molecule has 0 atom stereocenters. The number of amides is 3. The molecule has 1 aliphatic rings. The molecule has 0 aliphatic carbocycles. The van der Waals surface area contributed by atoms with Crippen LogP contribution in [0.3, 0.4) is 0 Å². The minimum Gasteiger partial charge on any atom is -0.378 e. The minimum atomic E-state index is -3.74. The quantitative estimate of drug-likeness (QED) is 0.0571. The molecule has 1 aliphatic heterocycles. The molecule has 3 amide bonds. The van der Waals surface area contributed by atoms with E-state index >= 15 is 0 Å². The Labute approximate surface area is 333 Å². The van der Waals surface area contributed by atoms with Gasteiger partial charge in [0.15, 0.2) is 6.29 Å². The third kappa shape index (κ3) is 12.2. The van der Waals surface area contributed by atoms with E-state index < -0.39 is 10.2 Å². The van der Waals surface area contributed by atoms with Gasteiger partial charge in [0, 0.05) is 79.3 Å². The maximum Gasteiger partial charge on any atom is 0.274 e. The van der Waals surface area contributed by atoms with Gasteiger partial charge in [0.2, 0.25) is 0 Å². The summed E-state index contributed by atoms with van der Waals surface area (Å²) in [5.41, 5.74) is 2.04. The van der Waals surface area contributed by atoms with Gasteiger partial charge >= 0.3 is 0 Å². The summed E-state index contributed by atoms with van der Waals surface area (Å²) < 4.78 is 40.6. The molecule has 0 spiro atoms. The molecule has 0 bridgehead atoms. The Balaban J connectivity index is 1.10. The lowest BCUT2D eigenvalue weighted by atomic mass is 9.94. The van der Waals surface area contributed by atoms with Gasteiger partial charge in [-0.2, -0.15) is 8.42 Å². The lowest BCUT2D eigenvalue weighted by Crippen LogP contribution is -2.44. The first-order valence-electron chi connectivity index (χ1n) is 19.0. The van der Waals surface area contributed by atoms with Gasteiger partial charge in [0.25, 0.3) is 27.9 Å². The van der Waals surface area contributed by atoms with Crippen molar-refractivity contribution in [2.45, 2.75) is 6.42 Å². The fourth-order valence-corrected chi connectivity index (χ4v) is 7.17. The van der Waals surface area contributed by atoms with E-state index in [0.717, 1.165) is 23.5 Å². The van der Waals surface area contributed by atoms with E-state index in [1.807, 2.05) is 49.5 Å². The number of benzene rings is 4. The second kappa shape index (κ2) is 21.2. The number of likely N-dealkylation sites (N-methyl/N-ethyl adjacent to an activating group) is 2. The molecule has 3 N–H and O–H groups in total. The van der Waals surface area contributed by atoms with E-state index in [1.54, 1.807) is 42.3 Å². The zero-order valence-corrected chi connectivity index (χ0v) is 33.4. The van der Waals surface area contributed by atoms with Crippen LogP contribution in [0, 0.1) is 0 Å². The van der Waals surface area contributed by atoms with E-state index in [9.17, 15) is 27.6 Å². The molecule has 0 unspecified atom stereocenters. The van der Waals surface area contributed by atoms with Crippen LogP contribution in [0.1, 0.15) is 47.9 Å². The van der Waals surface area contributed by atoms with Crippen LogP contribution in [0.15, 0.2) is 72.8 Å². The van der Waals surface area contributed by atoms with Gasteiger partial charge in [-0.15, -0.1) is 0 Å². The predicted octanol–water partition coefficient (Wildman–Crippen LogP) is 2.64. The Morgan fingerprint density at radius 2 is 1.30 bits per heavy atom. The fourth-order valence-electron chi connectivity index (χ4n) is 6.80. The van der Waals surface area contributed by atoms with Crippen molar-refractivity contribution in [3.8, 4) is 0 Å². The van der Waals surface area contributed by atoms with E-state index in [1.165, 1.54) is 4.90 Å². The van der Waals surface area contributed by atoms with Crippen LogP contribution in [0.4, 0.5) is 0 Å². The standard InChI is InChI=1S/C41H52N6O9S/c1-44(19-22-47-40(50)35-14-5-10-32-11-6-15-36(38(32)35)41(47)51)17-7-18-46(23-25-55-27-29-56-28-26-54-24-16-43-57(42,52)53)21-20-45(2)39(49)34-13-4-9-31-8-3-12-33(30-48)37(31)34/h3-6,8-15,30,43H,7,16-29H2,1-2H3,(H2,42,52,53). The summed E-state index contributed by atoms with van der Waals surface area (Å²) in [6.07, 6.45) is 1.57. The number of carbonyl (C=O) groups is 4. The molecule has 16 heteroatoms. The first-order chi connectivity index (χ1) is 27.5. The Morgan fingerprint density at radius 1 is 0.719 bits per heavy atom. The summed E-state index contributed by atoms with van der Waals surface area (Å²) in [7, 11) is -0.0121. The average molecular weight is 805 g/mol. The van der Waals surface area contributed by atoms with Crippen LogP contribution in [-0.2, 0) is 24.4 Å². The van der Waals surface area contributed by atoms with Gasteiger partial charge in [0.05, 0.1) is 39.6 Å². The van der Waals surface area contributed by atoms with Gasteiger partial charge in [-0.1, -0.05) is 54.6 Å². The second-order valence-corrected chi connectivity index (χ2v) is 15.2. The normalized spacial score (nSPS) is 13.0. The second-order valence-electron chi connectivity index (χ2n) is 13.8. The first kappa shape index (κ1) is 43.5. The number of hydrogen-bond acceptors (Lipinski definition) is 11. The van der Waals surface area contributed by atoms with Crippen molar-refractivity contribution >= 4 is 55.8 Å². The lowest BCUT2D eigenvalue weighted by molar-refractivity contribution is 0.0111. The molecule has 5 rings (SSSR count). The van der Waals surface area contributed by atoms with Crippen molar-refractivity contribution in [3.05, 3.63) is 95.1 Å². The minimum absolute atomic E-state index is 0.0798. The number of nitrogens with one attached hydrogen (secondary N) is 1. The van der Waals surface area contributed by atoms with Gasteiger partial charge in [-0.25, -0.2) is 9.86 Å². The summed E-state index contributed by atoms with van der Waals surface area (Å²) >= 11 is 0. The molecule has 4 aromatic carbocycles. The van der Waals surface area contributed by atoms with E-state index in [-0.39, 0.29) is 37.4 Å².